The van der Waals surface area contributed by atoms with Crippen LogP contribution in [0.5, 0.6) is 0 Å². The van der Waals surface area contributed by atoms with Gasteiger partial charge in [-0.3, -0.25) is 4.79 Å². The molecular formula is C21H26N4OS2. The first-order chi connectivity index (χ1) is 13.6. The Morgan fingerprint density at radius 1 is 1.11 bits per heavy atom. The summed E-state index contributed by atoms with van der Waals surface area (Å²) in [5.74, 6) is 2.66. The summed E-state index contributed by atoms with van der Waals surface area (Å²) in [6, 6.07) is 9.94. The van der Waals surface area contributed by atoms with Gasteiger partial charge < -0.3 is 10.6 Å². The molecule has 1 atom stereocenters. The van der Waals surface area contributed by atoms with Crippen molar-refractivity contribution in [1.82, 2.24) is 15.5 Å². The number of nitrogens with zero attached hydrogens (tertiary/aromatic N) is 2. The molecule has 2 aromatic rings. The van der Waals surface area contributed by atoms with E-state index < -0.39 is 0 Å². The molecule has 1 aromatic carbocycles. The fourth-order valence-electron chi connectivity index (χ4n) is 5.78. The van der Waals surface area contributed by atoms with Crippen LogP contribution in [0.15, 0.2) is 34.7 Å². The van der Waals surface area contributed by atoms with Crippen LogP contribution in [0.4, 0.5) is 10.8 Å². The maximum Gasteiger partial charge on any atom is 0.233 e. The maximum absolute atomic E-state index is 12.9. The molecule has 1 aromatic heterocycles. The fraction of sp³-hybridized carbons (Fsp3) is 0.571. The van der Waals surface area contributed by atoms with E-state index >= 15 is 0 Å². The molecule has 0 aliphatic heterocycles. The third-order valence-corrected chi connectivity index (χ3v) is 8.53. The molecule has 1 heterocycles. The van der Waals surface area contributed by atoms with Crippen LogP contribution in [-0.2, 0) is 4.79 Å². The largest absolute Gasteiger partial charge is 0.350 e. The second-order valence-electron chi connectivity index (χ2n) is 8.81. The zero-order valence-electron chi connectivity index (χ0n) is 16.1. The number of hydrogen-bond acceptors (Lipinski definition) is 6. The summed E-state index contributed by atoms with van der Waals surface area (Å²) in [5, 5.41) is 15.8. The number of benzene rings is 1. The lowest BCUT2D eigenvalue weighted by molar-refractivity contribution is -0.126. The minimum absolute atomic E-state index is 0.0712. The number of carbonyl (C=O) groups is 1. The van der Waals surface area contributed by atoms with Gasteiger partial charge >= 0.3 is 0 Å². The SMILES string of the molecule is C[C@H](Sc1nnc(Nc2ccccc2)s1)C(=O)NC12CC3CC(CC(C3)C1)C2. The van der Waals surface area contributed by atoms with Crippen molar-refractivity contribution in [2.24, 2.45) is 17.8 Å². The van der Waals surface area contributed by atoms with Gasteiger partial charge in [0, 0.05) is 11.2 Å². The number of hydrogen-bond donors (Lipinski definition) is 2. The summed E-state index contributed by atoms with van der Waals surface area (Å²) in [5.41, 5.74) is 1.06. The van der Waals surface area contributed by atoms with Gasteiger partial charge in [0.25, 0.3) is 0 Å². The number of aromatic nitrogens is 2. The lowest BCUT2D eigenvalue weighted by Crippen LogP contribution is -2.60. The van der Waals surface area contributed by atoms with Gasteiger partial charge in [0.15, 0.2) is 4.34 Å². The van der Waals surface area contributed by atoms with Gasteiger partial charge in [0.2, 0.25) is 11.0 Å². The number of nitrogens with one attached hydrogen (secondary N) is 2. The minimum atomic E-state index is -0.162. The molecule has 2 N–H and O–H groups in total. The highest BCUT2D eigenvalue weighted by Gasteiger charge is 2.51. The van der Waals surface area contributed by atoms with Crippen molar-refractivity contribution in [2.75, 3.05) is 5.32 Å². The topological polar surface area (TPSA) is 66.9 Å². The van der Waals surface area contributed by atoms with Crippen molar-refractivity contribution in [3.63, 3.8) is 0 Å². The van der Waals surface area contributed by atoms with Gasteiger partial charge in [0.1, 0.15) is 0 Å². The average Bonchev–Trinajstić information content (AvgIpc) is 3.07. The molecule has 1 amide bonds. The third-order valence-electron chi connectivity index (χ3n) is 6.50. The zero-order chi connectivity index (χ0) is 19.1. The third kappa shape index (κ3) is 3.79. The summed E-state index contributed by atoms with van der Waals surface area (Å²) >= 11 is 3.00. The first kappa shape index (κ1) is 18.4. The zero-order valence-corrected chi connectivity index (χ0v) is 17.7. The number of anilines is 2. The van der Waals surface area contributed by atoms with E-state index in [1.54, 1.807) is 0 Å². The van der Waals surface area contributed by atoms with Crippen molar-refractivity contribution in [1.29, 1.82) is 0 Å². The van der Waals surface area contributed by atoms with Crippen molar-refractivity contribution in [2.45, 2.75) is 60.6 Å². The molecule has 5 nitrogen and oxygen atoms in total. The quantitative estimate of drug-likeness (QED) is 0.662. The molecule has 7 heteroatoms. The van der Waals surface area contributed by atoms with Crippen LogP contribution in [0.25, 0.3) is 0 Å². The minimum Gasteiger partial charge on any atom is -0.350 e. The summed E-state index contributed by atoms with van der Waals surface area (Å²) in [7, 11) is 0. The lowest BCUT2D eigenvalue weighted by atomic mass is 9.53. The molecule has 4 aliphatic rings. The summed E-state index contributed by atoms with van der Waals surface area (Å²) in [4.78, 5) is 12.9. The summed E-state index contributed by atoms with van der Waals surface area (Å²) in [6.07, 6.45) is 7.73. The molecule has 4 aliphatic carbocycles. The second-order valence-corrected chi connectivity index (χ2v) is 11.4. The van der Waals surface area contributed by atoms with E-state index in [1.807, 2.05) is 37.3 Å². The Morgan fingerprint density at radius 3 is 2.39 bits per heavy atom. The van der Waals surface area contributed by atoms with Crippen LogP contribution in [-0.4, -0.2) is 26.9 Å². The Hall–Kier alpha value is -1.60. The Morgan fingerprint density at radius 2 is 1.75 bits per heavy atom. The molecule has 0 unspecified atom stereocenters. The average molecular weight is 415 g/mol. The van der Waals surface area contributed by atoms with E-state index in [9.17, 15) is 4.79 Å². The van der Waals surface area contributed by atoms with Crippen molar-refractivity contribution in [3.8, 4) is 0 Å². The molecule has 148 valence electrons. The van der Waals surface area contributed by atoms with Crippen LogP contribution in [0.1, 0.15) is 45.4 Å². The normalized spacial score (nSPS) is 31.5. The number of thioether (sulfide) groups is 1. The standard InChI is InChI=1S/C21H26N4OS2/c1-13(27-20-25-24-19(28-20)22-17-5-3-2-4-6-17)18(26)23-21-10-14-7-15(11-21)9-16(8-14)12-21/h2-6,13-16H,7-12H2,1H3,(H,22,24)(H,23,26)/t13-,14?,15?,16?,21?/m0/s1. The van der Waals surface area contributed by atoms with Crippen LogP contribution in [0.2, 0.25) is 0 Å². The van der Waals surface area contributed by atoms with Gasteiger partial charge in [-0.15, -0.1) is 10.2 Å². The first-order valence-electron chi connectivity index (χ1n) is 10.2. The van der Waals surface area contributed by atoms with E-state index in [2.05, 4.69) is 20.8 Å². The van der Waals surface area contributed by atoms with E-state index in [0.717, 1.165) is 32.9 Å². The van der Waals surface area contributed by atoms with Crippen molar-refractivity contribution >= 4 is 39.8 Å². The van der Waals surface area contributed by atoms with Gasteiger partial charge in [-0.2, -0.15) is 0 Å². The molecule has 4 bridgehead atoms. The van der Waals surface area contributed by atoms with Crippen molar-refractivity contribution < 1.29 is 4.79 Å². The molecule has 6 rings (SSSR count). The Balaban J connectivity index is 1.19. The predicted octanol–water partition coefficient (Wildman–Crippen LogP) is 4.85. The highest BCUT2D eigenvalue weighted by Crippen LogP contribution is 2.55. The molecule has 0 spiro atoms. The smallest absolute Gasteiger partial charge is 0.233 e. The number of amides is 1. The molecule has 28 heavy (non-hydrogen) atoms. The molecule has 4 saturated carbocycles. The van der Waals surface area contributed by atoms with Crippen molar-refractivity contribution in [3.05, 3.63) is 30.3 Å². The predicted molar refractivity (Wildman–Crippen MR) is 114 cm³/mol. The lowest BCUT2D eigenvalue weighted by Gasteiger charge is -2.57. The van der Waals surface area contributed by atoms with E-state index in [0.29, 0.717) is 0 Å². The monoisotopic (exact) mass is 414 g/mol. The molecular weight excluding hydrogens is 388 g/mol. The molecule has 0 radical (unpaired) electrons. The van der Waals surface area contributed by atoms with Gasteiger partial charge in [-0.1, -0.05) is 41.3 Å². The Kier molecular flexibility index (Phi) is 4.83. The van der Waals surface area contributed by atoms with E-state index in [-0.39, 0.29) is 16.7 Å². The highest BCUT2D eigenvalue weighted by atomic mass is 32.2. The van der Waals surface area contributed by atoms with Crippen LogP contribution in [0.3, 0.4) is 0 Å². The first-order valence-corrected chi connectivity index (χ1v) is 11.9. The maximum atomic E-state index is 12.9. The van der Waals surface area contributed by atoms with E-state index in [1.165, 1.54) is 61.6 Å². The Bertz CT molecular complexity index is 818. The summed E-state index contributed by atoms with van der Waals surface area (Å²) < 4.78 is 0.826. The molecule has 4 fully saturated rings. The molecule has 0 saturated heterocycles. The van der Waals surface area contributed by atoms with Gasteiger partial charge in [-0.25, -0.2) is 0 Å². The Labute approximate surface area is 174 Å². The van der Waals surface area contributed by atoms with Crippen LogP contribution >= 0.6 is 23.1 Å². The number of para-hydroxylation sites is 1. The number of carbonyl (C=O) groups excluding carboxylic acids is 1. The van der Waals surface area contributed by atoms with Gasteiger partial charge in [-0.05, 0) is 75.3 Å². The van der Waals surface area contributed by atoms with Crippen LogP contribution in [0, 0.1) is 17.8 Å². The highest BCUT2D eigenvalue weighted by molar-refractivity contribution is 8.02. The number of rotatable bonds is 6. The second kappa shape index (κ2) is 7.34. The fourth-order valence-corrected chi connectivity index (χ4v) is 7.70. The van der Waals surface area contributed by atoms with Crippen LogP contribution < -0.4 is 10.6 Å². The van der Waals surface area contributed by atoms with Gasteiger partial charge in [0.05, 0.1) is 5.25 Å². The summed E-state index contributed by atoms with van der Waals surface area (Å²) in [6.45, 7) is 1.98. The van der Waals surface area contributed by atoms with E-state index in [4.69, 9.17) is 0 Å².